The van der Waals surface area contributed by atoms with Crippen molar-refractivity contribution in [1.29, 1.82) is 0 Å². The van der Waals surface area contributed by atoms with Gasteiger partial charge in [-0.25, -0.2) is 0 Å². The molecule has 5 heteroatoms. The lowest BCUT2D eigenvalue weighted by Crippen LogP contribution is -2.31. The Balaban J connectivity index is 1.63. The molecule has 2 rings (SSSR count). The molecule has 1 fully saturated rings. The highest BCUT2D eigenvalue weighted by Crippen LogP contribution is 2.20. The predicted molar refractivity (Wildman–Crippen MR) is 73.9 cm³/mol. The van der Waals surface area contributed by atoms with Crippen molar-refractivity contribution in [2.75, 3.05) is 18.5 Å². The summed E-state index contributed by atoms with van der Waals surface area (Å²) in [5.74, 6) is 0. The maximum Gasteiger partial charge on any atom is 0.0820 e. The normalized spacial score (nSPS) is 23.9. The van der Waals surface area contributed by atoms with Gasteiger partial charge in [-0.2, -0.15) is 0 Å². The van der Waals surface area contributed by atoms with Crippen LogP contribution in [0.25, 0.3) is 0 Å². The van der Waals surface area contributed by atoms with Crippen LogP contribution in [0.2, 0.25) is 5.02 Å². The van der Waals surface area contributed by atoms with Gasteiger partial charge in [0, 0.05) is 25.0 Å². The van der Waals surface area contributed by atoms with E-state index in [2.05, 4.69) is 10.3 Å². The van der Waals surface area contributed by atoms with E-state index >= 15 is 0 Å². The second-order valence-corrected chi connectivity index (χ2v) is 5.10. The van der Waals surface area contributed by atoms with Crippen LogP contribution >= 0.6 is 11.6 Å². The van der Waals surface area contributed by atoms with E-state index in [9.17, 15) is 0 Å². The lowest BCUT2D eigenvalue weighted by atomic mass is 9.94. The third-order valence-corrected chi connectivity index (χ3v) is 3.56. The number of nitrogens with zero attached hydrogens (tertiary/aromatic N) is 1. The zero-order valence-corrected chi connectivity index (χ0v) is 11.2. The van der Waals surface area contributed by atoms with Crippen molar-refractivity contribution in [2.24, 2.45) is 5.73 Å². The van der Waals surface area contributed by atoms with Crippen LogP contribution in [-0.4, -0.2) is 30.3 Å². The summed E-state index contributed by atoms with van der Waals surface area (Å²) < 4.78 is 5.82. The van der Waals surface area contributed by atoms with Gasteiger partial charge in [-0.1, -0.05) is 11.6 Å². The topological polar surface area (TPSA) is 60.2 Å². The van der Waals surface area contributed by atoms with Gasteiger partial charge in [-0.15, -0.1) is 0 Å². The van der Waals surface area contributed by atoms with E-state index in [0.29, 0.717) is 23.8 Å². The molecule has 0 spiro atoms. The molecule has 100 valence electrons. The van der Waals surface area contributed by atoms with Gasteiger partial charge in [0.25, 0.3) is 0 Å². The van der Waals surface area contributed by atoms with Crippen LogP contribution < -0.4 is 11.1 Å². The highest BCUT2D eigenvalue weighted by atomic mass is 35.5. The molecule has 0 bridgehead atoms. The molecule has 0 unspecified atom stereocenters. The van der Waals surface area contributed by atoms with Crippen LogP contribution in [0.3, 0.4) is 0 Å². The number of pyridine rings is 1. The van der Waals surface area contributed by atoms with Gasteiger partial charge in [-0.05, 0) is 31.7 Å². The molecule has 0 atom stereocenters. The maximum absolute atomic E-state index is 5.99. The van der Waals surface area contributed by atoms with Crippen LogP contribution in [0.1, 0.15) is 25.7 Å². The van der Waals surface area contributed by atoms with Gasteiger partial charge in [0.15, 0.2) is 0 Å². The van der Waals surface area contributed by atoms with Crippen LogP contribution in [0.15, 0.2) is 18.5 Å². The lowest BCUT2D eigenvalue weighted by molar-refractivity contribution is 0.0313. The Morgan fingerprint density at radius 1 is 1.39 bits per heavy atom. The van der Waals surface area contributed by atoms with E-state index < -0.39 is 0 Å². The average molecular weight is 270 g/mol. The smallest absolute Gasteiger partial charge is 0.0820 e. The molecule has 3 N–H and O–H groups in total. The first kappa shape index (κ1) is 13.6. The standard InChI is InChI=1S/C13H20ClN3O/c14-12-9-16-6-5-13(12)17-7-8-18-11-3-1-10(15)2-4-11/h5-6,9-11H,1-4,7-8,15H2,(H,16,17). The molecule has 0 aliphatic heterocycles. The molecule has 1 aromatic heterocycles. The number of anilines is 1. The first-order chi connectivity index (χ1) is 8.75. The summed E-state index contributed by atoms with van der Waals surface area (Å²) >= 11 is 5.99. The van der Waals surface area contributed by atoms with Gasteiger partial charge in [-0.3, -0.25) is 4.98 Å². The molecule has 0 amide bonds. The number of nitrogens with one attached hydrogen (secondary N) is 1. The number of rotatable bonds is 5. The van der Waals surface area contributed by atoms with E-state index in [4.69, 9.17) is 22.1 Å². The molecule has 1 saturated carbocycles. The van der Waals surface area contributed by atoms with E-state index in [1.807, 2.05) is 6.07 Å². The van der Waals surface area contributed by atoms with E-state index in [-0.39, 0.29) is 0 Å². The summed E-state index contributed by atoms with van der Waals surface area (Å²) in [4.78, 5) is 3.94. The second-order valence-electron chi connectivity index (χ2n) is 4.69. The molecule has 0 saturated heterocycles. The van der Waals surface area contributed by atoms with Crippen LogP contribution in [0, 0.1) is 0 Å². The van der Waals surface area contributed by atoms with Gasteiger partial charge >= 0.3 is 0 Å². The summed E-state index contributed by atoms with van der Waals surface area (Å²) in [6.45, 7) is 1.45. The molecule has 0 aromatic carbocycles. The van der Waals surface area contributed by atoms with Crippen molar-refractivity contribution in [1.82, 2.24) is 4.98 Å². The first-order valence-corrected chi connectivity index (χ1v) is 6.84. The summed E-state index contributed by atoms with van der Waals surface area (Å²) in [6, 6.07) is 2.24. The molecule has 1 heterocycles. The molecule has 1 aliphatic carbocycles. The Kier molecular flexibility index (Phi) is 5.23. The Bertz CT molecular complexity index is 367. The summed E-state index contributed by atoms with van der Waals surface area (Å²) in [7, 11) is 0. The number of aromatic nitrogens is 1. The average Bonchev–Trinajstić information content (AvgIpc) is 2.39. The molecular formula is C13H20ClN3O. The Morgan fingerprint density at radius 2 is 2.17 bits per heavy atom. The third kappa shape index (κ3) is 4.12. The summed E-state index contributed by atoms with van der Waals surface area (Å²) in [6.07, 6.45) is 8.04. The highest BCUT2D eigenvalue weighted by molar-refractivity contribution is 6.33. The van der Waals surface area contributed by atoms with Crippen molar-refractivity contribution < 1.29 is 4.74 Å². The SMILES string of the molecule is NC1CCC(OCCNc2ccncc2Cl)CC1. The van der Waals surface area contributed by atoms with Gasteiger partial charge < -0.3 is 15.8 Å². The van der Waals surface area contributed by atoms with Crippen molar-refractivity contribution in [3.8, 4) is 0 Å². The van der Waals surface area contributed by atoms with Crippen LogP contribution in [0.5, 0.6) is 0 Å². The van der Waals surface area contributed by atoms with Gasteiger partial charge in [0.1, 0.15) is 0 Å². The number of ether oxygens (including phenoxy) is 1. The Morgan fingerprint density at radius 3 is 2.89 bits per heavy atom. The highest BCUT2D eigenvalue weighted by Gasteiger charge is 2.18. The minimum absolute atomic E-state index is 0.374. The van der Waals surface area contributed by atoms with Crippen molar-refractivity contribution in [3.63, 3.8) is 0 Å². The Labute approximate surface area is 113 Å². The fraction of sp³-hybridized carbons (Fsp3) is 0.615. The van der Waals surface area contributed by atoms with Crippen molar-refractivity contribution in [3.05, 3.63) is 23.5 Å². The summed E-state index contributed by atoms with van der Waals surface area (Å²) in [5, 5.41) is 3.88. The zero-order valence-electron chi connectivity index (χ0n) is 10.4. The molecule has 0 radical (unpaired) electrons. The Hall–Kier alpha value is -0.840. The number of nitrogens with two attached hydrogens (primary N) is 1. The minimum Gasteiger partial charge on any atom is -0.381 e. The number of hydrogen-bond donors (Lipinski definition) is 2. The van der Waals surface area contributed by atoms with E-state index in [1.165, 1.54) is 0 Å². The predicted octanol–water partition coefficient (Wildman–Crippen LogP) is 2.43. The molecule has 4 nitrogen and oxygen atoms in total. The fourth-order valence-corrected chi connectivity index (χ4v) is 2.37. The zero-order chi connectivity index (χ0) is 12.8. The number of halogens is 1. The molecule has 1 aromatic rings. The largest absolute Gasteiger partial charge is 0.381 e. The van der Waals surface area contributed by atoms with Crippen molar-refractivity contribution in [2.45, 2.75) is 37.8 Å². The lowest BCUT2D eigenvalue weighted by Gasteiger charge is -2.26. The summed E-state index contributed by atoms with van der Waals surface area (Å²) in [5.41, 5.74) is 6.76. The van der Waals surface area contributed by atoms with E-state index in [1.54, 1.807) is 12.4 Å². The maximum atomic E-state index is 5.99. The van der Waals surface area contributed by atoms with Crippen LogP contribution in [-0.2, 0) is 4.74 Å². The second kappa shape index (κ2) is 6.92. The van der Waals surface area contributed by atoms with Crippen molar-refractivity contribution >= 4 is 17.3 Å². The fourth-order valence-electron chi connectivity index (χ4n) is 2.19. The van der Waals surface area contributed by atoms with Crippen LogP contribution in [0.4, 0.5) is 5.69 Å². The number of hydrogen-bond acceptors (Lipinski definition) is 4. The molecular weight excluding hydrogens is 250 g/mol. The minimum atomic E-state index is 0.374. The van der Waals surface area contributed by atoms with E-state index in [0.717, 1.165) is 37.9 Å². The molecule has 18 heavy (non-hydrogen) atoms. The first-order valence-electron chi connectivity index (χ1n) is 6.46. The quantitative estimate of drug-likeness (QED) is 0.806. The molecule has 1 aliphatic rings. The monoisotopic (exact) mass is 269 g/mol. The third-order valence-electron chi connectivity index (χ3n) is 3.26. The van der Waals surface area contributed by atoms with Gasteiger partial charge in [0.2, 0.25) is 0 Å². The van der Waals surface area contributed by atoms with Gasteiger partial charge in [0.05, 0.1) is 23.4 Å².